The van der Waals surface area contributed by atoms with Crippen LogP contribution in [0.2, 0.25) is 0 Å². The number of hydrogen-bond acceptors (Lipinski definition) is 4. The molecule has 6 nitrogen and oxygen atoms in total. The molecule has 0 spiro atoms. The Labute approximate surface area is 122 Å². The van der Waals surface area contributed by atoms with Gasteiger partial charge in [-0.2, -0.15) is 0 Å². The molecule has 0 bridgehead atoms. The zero-order valence-corrected chi connectivity index (χ0v) is 12.4. The largest absolute Gasteiger partial charge is 0.381 e. The van der Waals surface area contributed by atoms with Crippen LogP contribution in [0.25, 0.3) is 0 Å². The molecule has 1 aliphatic rings. The number of sulfonamides is 1. The van der Waals surface area contributed by atoms with Gasteiger partial charge in [0.1, 0.15) is 5.82 Å². The molecule has 0 aromatic heterocycles. The van der Waals surface area contributed by atoms with Gasteiger partial charge in [0.2, 0.25) is 10.0 Å². The van der Waals surface area contributed by atoms with Crippen LogP contribution in [-0.2, 0) is 14.8 Å². The molecule has 1 fully saturated rings. The van der Waals surface area contributed by atoms with Gasteiger partial charge >= 0.3 is 0 Å². The van der Waals surface area contributed by atoms with Gasteiger partial charge in [-0.05, 0) is 37.5 Å². The molecule has 1 aliphatic heterocycles. The second-order valence-corrected chi connectivity index (χ2v) is 6.51. The molecule has 1 heterocycles. The van der Waals surface area contributed by atoms with E-state index in [0.717, 1.165) is 12.1 Å². The van der Waals surface area contributed by atoms with Gasteiger partial charge in [-0.3, -0.25) is 4.79 Å². The van der Waals surface area contributed by atoms with Crippen LogP contribution in [0.1, 0.15) is 28.8 Å². The van der Waals surface area contributed by atoms with Crippen molar-refractivity contribution >= 4 is 15.9 Å². The third-order valence-corrected chi connectivity index (χ3v) is 4.47. The molecule has 1 aromatic carbocycles. The lowest BCUT2D eigenvalue weighted by atomic mass is 10.1. The zero-order chi connectivity index (χ0) is 15.6. The summed E-state index contributed by atoms with van der Waals surface area (Å²) in [6, 6.07) is 1.76. The molecule has 1 aromatic rings. The first kappa shape index (κ1) is 15.9. The Morgan fingerprint density at radius 3 is 2.57 bits per heavy atom. The van der Waals surface area contributed by atoms with E-state index in [0.29, 0.717) is 26.1 Å². The van der Waals surface area contributed by atoms with E-state index in [4.69, 9.17) is 9.88 Å². The maximum Gasteiger partial charge on any atom is 0.251 e. The number of benzene rings is 1. The normalized spacial score (nSPS) is 16.7. The minimum Gasteiger partial charge on any atom is -0.381 e. The van der Waals surface area contributed by atoms with Gasteiger partial charge in [0.15, 0.2) is 0 Å². The average molecular weight is 316 g/mol. The highest BCUT2D eigenvalue weighted by molar-refractivity contribution is 7.89. The van der Waals surface area contributed by atoms with E-state index in [1.807, 2.05) is 0 Å². The smallest absolute Gasteiger partial charge is 0.251 e. The van der Waals surface area contributed by atoms with Crippen LogP contribution in [0, 0.1) is 12.7 Å². The SMILES string of the molecule is Cc1c(C(=O)NC2CCOCC2)cc(F)cc1S(N)(=O)=O. The highest BCUT2D eigenvalue weighted by Crippen LogP contribution is 2.20. The van der Waals surface area contributed by atoms with E-state index in [1.165, 1.54) is 6.92 Å². The summed E-state index contributed by atoms with van der Waals surface area (Å²) in [6.45, 7) is 2.53. The van der Waals surface area contributed by atoms with Crippen molar-refractivity contribution < 1.29 is 22.3 Å². The van der Waals surface area contributed by atoms with Crippen molar-refractivity contribution in [3.05, 3.63) is 29.1 Å². The number of amides is 1. The van der Waals surface area contributed by atoms with E-state index >= 15 is 0 Å². The molecule has 21 heavy (non-hydrogen) atoms. The van der Waals surface area contributed by atoms with E-state index in [1.54, 1.807) is 0 Å². The lowest BCUT2D eigenvalue weighted by Gasteiger charge is -2.23. The number of nitrogens with one attached hydrogen (secondary N) is 1. The van der Waals surface area contributed by atoms with Crippen molar-refractivity contribution in [3.63, 3.8) is 0 Å². The molecule has 0 atom stereocenters. The molecular weight excluding hydrogens is 299 g/mol. The summed E-state index contributed by atoms with van der Waals surface area (Å²) in [7, 11) is -4.09. The quantitative estimate of drug-likeness (QED) is 0.857. The Morgan fingerprint density at radius 2 is 2.00 bits per heavy atom. The van der Waals surface area contributed by atoms with Crippen LogP contribution in [-0.4, -0.2) is 33.6 Å². The van der Waals surface area contributed by atoms with Crippen molar-refractivity contribution in [3.8, 4) is 0 Å². The van der Waals surface area contributed by atoms with Crippen LogP contribution < -0.4 is 10.5 Å². The first-order valence-corrected chi connectivity index (χ1v) is 8.05. The van der Waals surface area contributed by atoms with Gasteiger partial charge in [-0.1, -0.05) is 0 Å². The van der Waals surface area contributed by atoms with Crippen LogP contribution in [0.4, 0.5) is 4.39 Å². The molecule has 0 unspecified atom stereocenters. The fraction of sp³-hybridized carbons (Fsp3) is 0.462. The van der Waals surface area contributed by atoms with Crippen LogP contribution >= 0.6 is 0 Å². The van der Waals surface area contributed by atoms with E-state index < -0.39 is 21.7 Å². The Bertz CT molecular complexity index is 654. The molecule has 3 N–H and O–H groups in total. The number of hydrogen-bond donors (Lipinski definition) is 2. The van der Waals surface area contributed by atoms with Crippen LogP contribution in [0.15, 0.2) is 17.0 Å². The summed E-state index contributed by atoms with van der Waals surface area (Å²) in [5.74, 6) is -1.33. The zero-order valence-electron chi connectivity index (χ0n) is 11.6. The number of ether oxygens (including phenoxy) is 1. The number of carbonyl (C=O) groups excluding carboxylic acids is 1. The third kappa shape index (κ3) is 3.78. The predicted molar refractivity (Wildman–Crippen MR) is 73.8 cm³/mol. The summed E-state index contributed by atoms with van der Waals surface area (Å²) < 4.78 is 41.6. The lowest BCUT2D eigenvalue weighted by Crippen LogP contribution is -2.39. The topological polar surface area (TPSA) is 98.5 Å². The summed E-state index contributed by atoms with van der Waals surface area (Å²) in [4.78, 5) is 11.8. The molecule has 8 heteroatoms. The maximum absolute atomic E-state index is 13.6. The molecule has 0 saturated carbocycles. The second-order valence-electron chi connectivity index (χ2n) is 4.98. The van der Waals surface area contributed by atoms with Crippen molar-refractivity contribution in [2.24, 2.45) is 5.14 Å². The van der Waals surface area contributed by atoms with Gasteiger partial charge in [-0.25, -0.2) is 17.9 Å². The number of nitrogens with two attached hydrogens (primary N) is 1. The van der Waals surface area contributed by atoms with Crippen LogP contribution in [0.5, 0.6) is 0 Å². The molecule has 1 saturated heterocycles. The van der Waals surface area contributed by atoms with E-state index in [9.17, 15) is 17.6 Å². The number of primary sulfonamides is 1. The Morgan fingerprint density at radius 1 is 1.38 bits per heavy atom. The van der Waals surface area contributed by atoms with Crippen molar-refractivity contribution in [1.82, 2.24) is 5.32 Å². The first-order valence-electron chi connectivity index (χ1n) is 6.50. The van der Waals surface area contributed by atoms with Gasteiger partial charge in [0, 0.05) is 24.8 Å². The van der Waals surface area contributed by atoms with Gasteiger partial charge in [0.25, 0.3) is 5.91 Å². The second kappa shape index (κ2) is 6.08. The molecule has 2 rings (SSSR count). The Kier molecular flexibility index (Phi) is 4.60. The Balaban J connectivity index is 2.30. The highest BCUT2D eigenvalue weighted by Gasteiger charge is 2.22. The first-order chi connectivity index (χ1) is 9.79. The number of halogens is 1. The highest BCUT2D eigenvalue weighted by atomic mass is 32.2. The minimum absolute atomic E-state index is 0.0227. The van der Waals surface area contributed by atoms with Crippen molar-refractivity contribution in [2.75, 3.05) is 13.2 Å². The average Bonchev–Trinajstić information content (AvgIpc) is 2.40. The summed E-state index contributed by atoms with van der Waals surface area (Å²) in [6.07, 6.45) is 1.34. The maximum atomic E-state index is 13.6. The monoisotopic (exact) mass is 316 g/mol. The van der Waals surface area contributed by atoms with Gasteiger partial charge in [0.05, 0.1) is 4.90 Å². The Hall–Kier alpha value is -1.51. The molecule has 0 aliphatic carbocycles. The summed E-state index contributed by atoms with van der Waals surface area (Å²) in [5.41, 5.74) is 0.119. The molecular formula is C13H17FN2O4S. The van der Waals surface area contributed by atoms with Crippen molar-refractivity contribution in [2.45, 2.75) is 30.7 Å². The molecule has 0 radical (unpaired) electrons. The van der Waals surface area contributed by atoms with Gasteiger partial charge < -0.3 is 10.1 Å². The fourth-order valence-corrected chi connectivity index (χ4v) is 3.10. The lowest BCUT2D eigenvalue weighted by molar-refractivity contribution is 0.0696. The molecule has 116 valence electrons. The minimum atomic E-state index is -4.09. The van der Waals surface area contributed by atoms with Crippen molar-refractivity contribution in [1.29, 1.82) is 0 Å². The third-order valence-electron chi connectivity index (χ3n) is 3.43. The van der Waals surface area contributed by atoms with E-state index in [-0.39, 0.29) is 22.1 Å². The number of rotatable bonds is 3. The number of carbonyl (C=O) groups is 1. The fourth-order valence-electron chi connectivity index (χ4n) is 2.29. The predicted octanol–water partition coefficient (Wildman–Crippen LogP) is 0.690. The molecule has 1 amide bonds. The van der Waals surface area contributed by atoms with E-state index in [2.05, 4.69) is 5.32 Å². The van der Waals surface area contributed by atoms with Gasteiger partial charge in [-0.15, -0.1) is 0 Å². The van der Waals surface area contributed by atoms with Crippen LogP contribution in [0.3, 0.4) is 0 Å². The standard InChI is InChI=1S/C13H17FN2O4S/c1-8-11(6-9(14)7-12(8)21(15,18)19)13(17)16-10-2-4-20-5-3-10/h6-7,10H,2-5H2,1H3,(H,16,17)(H2,15,18,19). The summed E-state index contributed by atoms with van der Waals surface area (Å²) in [5, 5.41) is 7.80. The summed E-state index contributed by atoms with van der Waals surface area (Å²) >= 11 is 0.